The maximum Gasteiger partial charge on any atom is 0.271 e. The second-order valence-electron chi connectivity index (χ2n) is 4.91. The lowest BCUT2D eigenvalue weighted by molar-refractivity contribution is 0.0914. The number of hydrogen-bond acceptors (Lipinski definition) is 5. The molecule has 1 aromatic heterocycles. The summed E-state index contributed by atoms with van der Waals surface area (Å²) in [5.41, 5.74) is 0.0240. The molecule has 0 atom stereocenters. The highest BCUT2D eigenvalue weighted by atomic mass is 16.5. The summed E-state index contributed by atoms with van der Waals surface area (Å²) in [7, 11) is 1.63. The van der Waals surface area contributed by atoms with Crippen molar-refractivity contribution in [1.29, 1.82) is 0 Å². The van der Waals surface area contributed by atoms with Crippen molar-refractivity contribution in [2.75, 3.05) is 25.6 Å². The van der Waals surface area contributed by atoms with Crippen LogP contribution in [0.25, 0.3) is 0 Å². The van der Waals surface area contributed by atoms with Crippen LogP contribution in [0.5, 0.6) is 0 Å². The van der Waals surface area contributed by atoms with Crippen LogP contribution in [-0.4, -0.2) is 41.7 Å². The van der Waals surface area contributed by atoms with Crippen LogP contribution in [0.3, 0.4) is 0 Å². The van der Waals surface area contributed by atoms with Gasteiger partial charge in [0.25, 0.3) is 5.91 Å². The van der Waals surface area contributed by atoms with Crippen LogP contribution in [0.1, 0.15) is 31.3 Å². The smallest absolute Gasteiger partial charge is 0.271 e. The quantitative estimate of drug-likeness (QED) is 0.766. The fourth-order valence-electron chi connectivity index (χ4n) is 1.22. The first-order chi connectivity index (χ1) is 8.42. The summed E-state index contributed by atoms with van der Waals surface area (Å²) < 4.78 is 4.91. The van der Waals surface area contributed by atoms with E-state index in [9.17, 15) is 4.79 Å². The van der Waals surface area contributed by atoms with E-state index in [4.69, 9.17) is 4.74 Å². The van der Waals surface area contributed by atoms with Crippen LogP contribution in [0.4, 0.5) is 5.82 Å². The molecule has 0 saturated heterocycles. The second-order valence-corrected chi connectivity index (χ2v) is 4.91. The first-order valence-corrected chi connectivity index (χ1v) is 5.80. The first-order valence-electron chi connectivity index (χ1n) is 5.80. The summed E-state index contributed by atoms with van der Waals surface area (Å²) in [5.74, 6) is 0.401. The highest BCUT2D eigenvalue weighted by Crippen LogP contribution is 2.04. The Balaban J connectivity index is 2.57. The lowest BCUT2D eigenvalue weighted by Gasteiger charge is -2.19. The minimum absolute atomic E-state index is 0.224. The van der Waals surface area contributed by atoms with Crippen LogP contribution in [0, 0.1) is 0 Å². The van der Waals surface area contributed by atoms with Crippen molar-refractivity contribution in [3.63, 3.8) is 0 Å². The number of ether oxygens (including phenoxy) is 1. The van der Waals surface area contributed by atoms with Crippen LogP contribution in [0.2, 0.25) is 0 Å². The van der Waals surface area contributed by atoms with E-state index < -0.39 is 0 Å². The molecular formula is C12H20N4O2. The van der Waals surface area contributed by atoms with Gasteiger partial charge in [0.15, 0.2) is 0 Å². The fourth-order valence-corrected chi connectivity index (χ4v) is 1.22. The fraction of sp³-hybridized carbons (Fsp3) is 0.583. The number of hydrogen-bond donors (Lipinski definition) is 2. The molecule has 1 amide bonds. The lowest BCUT2D eigenvalue weighted by Crippen LogP contribution is -2.41. The zero-order valence-electron chi connectivity index (χ0n) is 11.3. The van der Waals surface area contributed by atoms with Crippen molar-refractivity contribution in [3.05, 3.63) is 18.1 Å². The molecule has 18 heavy (non-hydrogen) atoms. The minimum atomic E-state index is -0.284. The van der Waals surface area contributed by atoms with E-state index in [2.05, 4.69) is 20.6 Å². The summed E-state index contributed by atoms with van der Waals surface area (Å²) in [5, 5.41) is 5.85. The van der Waals surface area contributed by atoms with Gasteiger partial charge in [-0.25, -0.2) is 9.97 Å². The maximum absolute atomic E-state index is 11.8. The summed E-state index contributed by atoms with van der Waals surface area (Å²) in [6, 6.07) is 0. The molecule has 0 spiro atoms. The number of anilines is 1. The number of rotatable bonds is 5. The Kier molecular flexibility index (Phi) is 5.03. The number of amides is 1. The number of carbonyl (C=O) groups is 1. The predicted molar refractivity (Wildman–Crippen MR) is 69.6 cm³/mol. The third-order valence-electron chi connectivity index (χ3n) is 1.99. The Morgan fingerprint density at radius 3 is 2.56 bits per heavy atom. The van der Waals surface area contributed by atoms with Gasteiger partial charge in [-0.1, -0.05) is 0 Å². The van der Waals surface area contributed by atoms with E-state index in [0.717, 1.165) is 0 Å². The van der Waals surface area contributed by atoms with Crippen LogP contribution in [0.15, 0.2) is 12.4 Å². The van der Waals surface area contributed by atoms with Gasteiger partial charge in [0.2, 0.25) is 0 Å². The summed E-state index contributed by atoms with van der Waals surface area (Å²) in [6.07, 6.45) is 2.99. The SMILES string of the molecule is COCCNc1cnc(C(=O)NC(C)(C)C)cn1. The molecule has 0 radical (unpaired) electrons. The Labute approximate surface area is 107 Å². The van der Waals surface area contributed by atoms with E-state index in [1.807, 2.05) is 20.8 Å². The Morgan fingerprint density at radius 2 is 2.06 bits per heavy atom. The molecule has 0 aromatic carbocycles. The highest BCUT2D eigenvalue weighted by molar-refractivity contribution is 5.92. The average molecular weight is 252 g/mol. The van der Waals surface area contributed by atoms with E-state index >= 15 is 0 Å². The van der Waals surface area contributed by atoms with E-state index in [1.165, 1.54) is 12.4 Å². The molecular weight excluding hydrogens is 232 g/mol. The number of nitrogens with one attached hydrogen (secondary N) is 2. The van der Waals surface area contributed by atoms with Crippen molar-refractivity contribution in [3.8, 4) is 0 Å². The van der Waals surface area contributed by atoms with Crippen molar-refractivity contribution in [2.45, 2.75) is 26.3 Å². The Hall–Kier alpha value is -1.69. The summed E-state index contributed by atoms with van der Waals surface area (Å²) >= 11 is 0. The summed E-state index contributed by atoms with van der Waals surface area (Å²) in [4.78, 5) is 20.0. The van der Waals surface area contributed by atoms with Crippen molar-refractivity contribution in [1.82, 2.24) is 15.3 Å². The normalized spacial score (nSPS) is 11.1. The van der Waals surface area contributed by atoms with Crippen LogP contribution >= 0.6 is 0 Å². The summed E-state index contributed by atoms with van der Waals surface area (Å²) in [6.45, 7) is 6.99. The van der Waals surface area contributed by atoms with Gasteiger partial charge >= 0.3 is 0 Å². The zero-order valence-corrected chi connectivity index (χ0v) is 11.3. The van der Waals surface area contributed by atoms with Crippen molar-refractivity contribution < 1.29 is 9.53 Å². The van der Waals surface area contributed by atoms with Crippen LogP contribution < -0.4 is 10.6 Å². The van der Waals surface area contributed by atoms with Gasteiger partial charge in [-0.05, 0) is 20.8 Å². The molecule has 0 saturated carbocycles. The molecule has 0 bridgehead atoms. The molecule has 6 nitrogen and oxygen atoms in total. The Morgan fingerprint density at radius 1 is 1.33 bits per heavy atom. The van der Waals surface area contributed by atoms with Gasteiger partial charge in [-0.15, -0.1) is 0 Å². The number of nitrogens with zero attached hydrogens (tertiary/aromatic N) is 2. The van der Waals surface area contributed by atoms with E-state index in [0.29, 0.717) is 24.7 Å². The predicted octanol–water partition coefficient (Wildman–Crippen LogP) is 1.06. The molecule has 100 valence electrons. The van der Waals surface area contributed by atoms with Gasteiger partial charge < -0.3 is 15.4 Å². The monoisotopic (exact) mass is 252 g/mol. The number of aromatic nitrogens is 2. The highest BCUT2D eigenvalue weighted by Gasteiger charge is 2.16. The molecule has 0 fully saturated rings. The average Bonchev–Trinajstić information content (AvgIpc) is 2.28. The molecule has 0 aliphatic rings. The van der Waals surface area contributed by atoms with Gasteiger partial charge in [0.05, 0.1) is 19.0 Å². The second kappa shape index (κ2) is 6.30. The maximum atomic E-state index is 11.8. The third kappa shape index (κ3) is 5.09. The van der Waals surface area contributed by atoms with E-state index in [-0.39, 0.29) is 11.4 Å². The van der Waals surface area contributed by atoms with Gasteiger partial charge in [-0.2, -0.15) is 0 Å². The zero-order chi connectivity index (χ0) is 13.6. The van der Waals surface area contributed by atoms with Crippen molar-refractivity contribution >= 4 is 11.7 Å². The van der Waals surface area contributed by atoms with Gasteiger partial charge in [0, 0.05) is 19.2 Å². The lowest BCUT2D eigenvalue weighted by atomic mass is 10.1. The number of methoxy groups -OCH3 is 1. The van der Waals surface area contributed by atoms with Crippen molar-refractivity contribution in [2.24, 2.45) is 0 Å². The third-order valence-corrected chi connectivity index (χ3v) is 1.99. The molecule has 2 N–H and O–H groups in total. The standard InChI is InChI=1S/C12H20N4O2/c1-12(2,3)16-11(17)9-7-15-10(8-14-9)13-5-6-18-4/h7-8H,5-6H2,1-4H3,(H,13,15)(H,16,17). The van der Waals surface area contributed by atoms with E-state index in [1.54, 1.807) is 7.11 Å². The largest absolute Gasteiger partial charge is 0.383 e. The van der Waals surface area contributed by atoms with Gasteiger partial charge in [0.1, 0.15) is 11.5 Å². The molecule has 0 aliphatic carbocycles. The van der Waals surface area contributed by atoms with Gasteiger partial charge in [-0.3, -0.25) is 4.79 Å². The molecule has 6 heteroatoms. The number of carbonyl (C=O) groups excluding carboxylic acids is 1. The molecule has 1 heterocycles. The molecule has 1 rings (SSSR count). The van der Waals surface area contributed by atoms with Crippen LogP contribution in [-0.2, 0) is 4.74 Å². The Bertz CT molecular complexity index is 384. The molecule has 0 aliphatic heterocycles. The molecule has 0 unspecified atom stereocenters. The molecule has 1 aromatic rings. The minimum Gasteiger partial charge on any atom is -0.383 e. The topological polar surface area (TPSA) is 76.1 Å². The first kappa shape index (κ1) is 14.4.